The Hall–Kier alpha value is -4.00. The number of nitrogens with one attached hydrogen (secondary N) is 2. The molecule has 2 amide bonds. The minimum absolute atomic E-state index is 0.217. The van der Waals surface area contributed by atoms with E-state index in [1.807, 2.05) is 6.07 Å². The summed E-state index contributed by atoms with van der Waals surface area (Å²) in [5, 5.41) is 5.60. The van der Waals surface area contributed by atoms with Crippen LogP contribution in [0, 0.1) is 0 Å². The highest BCUT2D eigenvalue weighted by atomic mass is 16.5. The average molecular weight is 406 g/mol. The number of carbonyl (C=O) groups is 2. The summed E-state index contributed by atoms with van der Waals surface area (Å²) in [6, 6.07) is 18.8. The van der Waals surface area contributed by atoms with Crippen LogP contribution in [0.15, 0.2) is 66.7 Å². The molecule has 7 heteroatoms. The predicted octanol–water partition coefficient (Wildman–Crippen LogP) is 4.22. The molecule has 0 fully saturated rings. The molecule has 0 aliphatic heterocycles. The number of benzene rings is 3. The molecule has 0 aliphatic rings. The highest BCUT2D eigenvalue weighted by Gasteiger charge is 2.15. The second kappa shape index (κ2) is 9.47. The lowest BCUT2D eigenvalue weighted by Gasteiger charge is -2.14. The van der Waals surface area contributed by atoms with E-state index in [9.17, 15) is 9.59 Å². The van der Waals surface area contributed by atoms with Gasteiger partial charge in [-0.05, 0) is 36.4 Å². The van der Waals surface area contributed by atoms with Gasteiger partial charge in [0, 0.05) is 34.6 Å². The second-order valence-electron chi connectivity index (χ2n) is 6.27. The maximum atomic E-state index is 12.6. The van der Waals surface area contributed by atoms with Crippen molar-refractivity contribution in [2.75, 3.05) is 32.0 Å². The Morgan fingerprint density at radius 1 is 0.633 bits per heavy atom. The topological polar surface area (TPSA) is 85.9 Å². The van der Waals surface area contributed by atoms with Gasteiger partial charge in [-0.15, -0.1) is 0 Å². The van der Waals surface area contributed by atoms with Crippen molar-refractivity contribution in [1.29, 1.82) is 0 Å². The van der Waals surface area contributed by atoms with Gasteiger partial charge < -0.3 is 24.8 Å². The summed E-state index contributed by atoms with van der Waals surface area (Å²) in [5.41, 5.74) is 2.08. The third-order valence-electron chi connectivity index (χ3n) is 4.36. The lowest BCUT2D eigenvalue weighted by Crippen LogP contribution is -2.14. The summed E-state index contributed by atoms with van der Waals surface area (Å²) >= 11 is 0. The van der Waals surface area contributed by atoms with Crippen LogP contribution in [0.2, 0.25) is 0 Å². The number of methoxy groups -OCH3 is 3. The van der Waals surface area contributed by atoms with Gasteiger partial charge in [0.15, 0.2) is 11.5 Å². The number of ether oxygens (including phenoxy) is 3. The maximum Gasteiger partial charge on any atom is 0.255 e. The van der Waals surface area contributed by atoms with Gasteiger partial charge in [-0.25, -0.2) is 0 Å². The van der Waals surface area contributed by atoms with Crippen molar-refractivity contribution in [3.63, 3.8) is 0 Å². The van der Waals surface area contributed by atoms with E-state index < -0.39 is 0 Å². The van der Waals surface area contributed by atoms with Crippen LogP contribution in [0.25, 0.3) is 0 Å². The molecule has 0 saturated carbocycles. The predicted molar refractivity (Wildman–Crippen MR) is 115 cm³/mol. The van der Waals surface area contributed by atoms with Crippen LogP contribution in [0.5, 0.6) is 17.2 Å². The van der Waals surface area contributed by atoms with E-state index in [1.54, 1.807) is 60.7 Å². The Kier molecular flexibility index (Phi) is 6.54. The van der Waals surface area contributed by atoms with E-state index in [0.717, 1.165) is 0 Å². The first-order valence-corrected chi connectivity index (χ1v) is 9.13. The monoisotopic (exact) mass is 406 g/mol. The van der Waals surface area contributed by atoms with Gasteiger partial charge in [0.25, 0.3) is 11.8 Å². The minimum Gasteiger partial charge on any atom is -0.493 e. The van der Waals surface area contributed by atoms with E-state index in [-0.39, 0.29) is 11.8 Å². The minimum atomic E-state index is -0.315. The van der Waals surface area contributed by atoms with Crippen LogP contribution in [-0.4, -0.2) is 33.1 Å². The number of anilines is 2. The first kappa shape index (κ1) is 20.7. The molecule has 0 saturated heterocycles. The smallest absolute Gasteiger partial charge is 0.255 e. The van der Waals surface area contributed by atoms with Gasteiger partial charge >= 0.3 is 0 Å². The largest absolute Gasteiger partial charge is 0.493 e. The molecule has 7 nitrogen and oxygen atoms in total. The van der Waals surface area contributed by atoms with E-state index in [0.29, 0.717) is 39.8 Å². The van der Waals surface area contributed by atoms with Crippen molar-refractivity contribution >= 4 is 23.2 Å². The van der Waals surface area contributed by atoms with E-state index in [4.69, 9.17) is 14.2 Å². The second-order valence-corrected chi connectivity index (χ2v) is 6.27. The van der Waals surface area contributed by atoms with Crippen molar-refractivity contribution in [2.24, 2.45) is 0 Å². The molecule has 0 atom stereocenters. The Morgan fingerprint density at radius 2 is 1.13 bits per heavy atom. The van der Waals surface area contributed by atoms with Gasteiger partial charge in [-0.1, -0.05) is 18.2 Å². The summed E-state index contributed by atoms with van der Waals surface area (Å²) in [7, 11) is 4.52. The first-order valence-electron chi connectivity index (χ1n) is 9.13. The van der Waals surface area contributed by atoms with Gasteiger partial charge in [0.2, 0.25) is 5.75 Å². The molecule has 3 rings (SSSR count). The molecule has 3 aromatic carbocycles. The molecule has 154 valence electrons. The maximum absolute atomic E-state index is 12.6. The zero-order valence-corrected chi connectivity index (χ0v) is 16.9. The molecular weight excluding hydrogens is 384 g/mol. The van der Waals surface area contributed by atoms with E-state index in [1.165, 1.54) is 21.3 Å². The van der Waals surface area contributed by atoms with Crippen molar-refractivity contribution < 1.29 is 23.8 Å². The lowest BCUT2D eigenvalue weighted by molar-refractivity contribution is 0.102. The standard InChI is InChI=1S/C23H22N2O5/c1-28-19-13-18(14-20(29-2)21(19)30-3)25-23(27)16-9-11-17(12-10-16)24-22(26)15-7-5-4-6-8-15/h4-14H,1-3H3,(H,24,26)(H,25,27). The van der Waals surface area contributed by atoms with Crippen LogP contribution >= 0.6 is 0 Å². The van der Waals surface area contributed by atoms with Crippen molar-refractivity contribution in [3.05, 3.63) is 77.9 Å². The molecule has 0 bridgehead atoms. The Morgan fingerprint density at radius 3 is 1.63 bits per heavy atom. The zero-order chi connectivity index (χ0) is 21.5. The fourth-order valence-electron chi connectivity index (χ4n) is 2.85. The third kappa shape index (κ3) is 4.70. The SMILES string of the molecule is COc1cc(NC(=O)c2ccc(NC(=O)c3ccccc3)cc2)cc(OC)c1OC. The molecule has 0 aliphatic carbocycles. The van der Waals surface area contributed by atoms with Crippen molar-refractivity contribution in [1.82, 2.24) is 0 Å². The summed E-state index contributed by atoms with van der Waals surface area (Å²) in [5.74, 6) is 0.782. The molecule has 30 heavy (non-hydrogen) atoms. The lowest BCUT2D eigenvalue weighted by atomic mass is 10.1. The van der Waals surface area contributed by atoms with Gasteiger partial charge in [-0.2, -0.15) is 0 Å². The first-order chi connectivity index (χ1) is 14.5. The summed E-state index contributed by atoms with van der Waals surface area (Å²) in [6.45, 7) is 0. The van der Waals surface area contributed by atoms with E-state index in [2.05, 4.69) is 10.6 Å². The number of rotatable bonds is 7. The molecule has 0 aromatic heterocycles. The molecule has 0 unspecified atom stereocenters. The van der Waals surface area contributed by atoms with Gasteiger partial charge in [-0.3, -0.25) is 9.59 Å². The molecule has 2 N–H and O–H groups in total. The summed E-state index contributed by atoms with van der Waals surface area (Å²) in [4.78, 5) is 24.8. The molecule has 0 radical (unpaired) electrons. The fourth-order valence-corrected chi connectivity index (χ4v) is 2.85. The molecule has 0 heterocycles. The highest BCUT2D eigenvalue weighted by Crippen LogP contribution is 2.40. The average Bonchev–Trinajstić information content (AvgIpc) is 2.79. The molecule has 0 spiro atoms. The zero-order valence-electron chi connectivity index (χ0n) is 16.9. The van der Waals surface area contributed by atoms with Crippen LogP contribution in [0.1, 0.15) is 20.7 Å². The Balaban J connectivity index is 1.71. The van der Waals surface area contributed by atoms with Crippen LogP contribution in [-0.2, 0) is 0 Å². The molecular formula is C23H22N2O5. The Labute approximate surface area is 174 Å². The van der Waals surface area contributed by atoms with Gasteiger partial charge in [0.1, 0.15) is 0 Å². The third-order valence-corrected chi connectivity index (χ3v) is 4.36. The number of carbonyl (C=O) groups excluding carboxylic acids is 2. The number of amides is 2. The Bertz CT molecular complexity index is 1010. The van der Waals surface area contributed by atoms with Crippen molar-refractivity contribution in [2.45, 2.75) is 0 Å². The fraction of sp³-hybridized carbons (Fsp3) is 0.130. The summed E-state index contributed by atoms with van der Waals surface area (Å²) in [6.07, 6.45) is 0. The van der Waals surface area contributed by atoms with Crippen LogP contribution in [0.4, 0.5) is 11.4 Å². The quantitative estimate of drug-likeness (QED) is 0.614. The van der Waals surface area contributed by atoms with Crippen LogP contribution < -0.4 is 24.8 Å². The van der Waals surface area contributed by atoms with Crippen LogP contribution in [0.3, 0.4) is 0 Å². The number of hydrogen-bond acceptors (Lipinski definition) is 5. The normalized spacial score (nSPS) is 10.1. The number of hydrogen-bond donors (Lipinski definition) is 2. The summed E-state index contributed by atoms with van der Waals surface area (Å²) < 4.78 is 15.9. The molecule has 3 aromatic rings. The van der Waals surface area contributed by atoms with E-state index >= 15 is 0 Å². The van der Waals surface area contributed by atoms with Gasteiger partial charge in [0.05, 0.1) is 21.3 Å². The van der Waals surface area contributed by atoms with Crippen molar-refractivity contribution in [3.8, 4) is 17.2 Å². The highest BCUT2D eigenvalue weighted by molar-refractivity contribution is 6.06.